The summed E-state index contributed by atoms with van der Waals surface area (Å²) in [6.07, 6.45) is 4.00. The largest absolute Gasteiger partial charge is 0.323 e. The minimum atomic E-state index is 0.115. The monoisotopic (exact) mass is 277 g/mol. The van der Waals surface area contributed by atoms with Crippen molar-refractivity contribution in [3.8, 4) is 5.69 Å². The first kappa shape index (κ1) is 10.1. The number of hydrogen-bond donors (Lipinski definition) is 1. The lowest BCUT2D eigenvalue weighted by Crippen LogP contribution is -2.12. The van der Waals surface area contributed by atoms with Crippen molar-refractivity contribution in [2.45, 2.75) is 18.9 Å². The number of aryl methyl sites for hydroxylation is 1. The van der Waals surface area contributed by atoms with Gasteiger partial charge in [-0.2, -0.15) is 5.10 Å². The molecule has 2 aromatic rings. The highest BCUT2D eigenvalue weighted by Crippen LogP contribution is 2.32. The lowest BCUT2D eigenvalue weighted by Gasteiger charge is -2.11. The van der Waals surface area contributed by atoms with Gasteiger partial charge in [-0.1, -0.05) is 12.1 Å². The zero-order valence-corrected chi connectivity index (χ0v) is 10.3. The molecule has 1 aromatic carbocycles. The van der Waals surface area contributed by atoms with E-state index in [-0.39, 0.29) is 6.04 Å². The summed E-state index contributed by atoms with van der Waals surface area (Å²) in [5.74, 6) is 0. The van der Waals surface area contributed by atoms with Crippen molar-refractivity contribution >= 4 is 15.9 Å². The molecule has 0 saturated heterocycles. The molecule has 1 aliphatic rings. The van der Waals surface area contributed by atoms with Gasteiger partial charge in [0.1, 0.15) is 0 Å². The Morgan fingerprint density at radius 2 is 2.19 bits per heavy atom. The summed E-state index contributed by atoms with van der Waals surface area (Å²) in [5.41, 5.74) is 9.60. The van der Waals surface area contributed by atoms with Crippen LogP contribution in [0.25, 0.3) is 5.69 Å². The molecule has 0 spiro atoms. The van der Waals surface area contributed by atoms with Gasteiger partial charge in [0.15, 0.2) is 0 Å². The van der Waals surface area contributed by atoms with Crippen LogP contribution in [0.1, 0.15) is 23.7 Å². The van der Waals surface area contributed by atoms with Crippen molar-refractivity contribution in [3.63, 3.8) is 0 Å². The van der Waals surface area contributed by atoms with E-state index < -0.39 is 0 Å². The van der Waals surface area contributed by atoms with Gasteiger partial charge < -0.3 is 5.73 Å². The van der Waals surface area contributed by atoms with E-state index in [1.165, 1.54) is 5.56 Å². The fraction of sp³-hybridized carbons (Fsp3) is 0.250. The molecule has 1 unspecified atom stereocenters. The van der Waals surface area contributed by atoms with Crippen molar-refractivity contribution in [2.24, 2.45) is 5.73 Å². The average molecular weight is 278 g/mol. The zero-order valence-electron chi connectivity index (χ0n) is 8.73. The molecule has 3 nitrogen and oxygen atoms in total. The molecule has 0 fully saturated rings. The van der Waals surface area contributed by atoms with Crippen molar-refractivity contribution in [2.75, 3.05) is 0 Å². The summed E-state index contributed by atoms with van der Waals surface area (Å²) >= 11 is 3.54. The molecule has 0 saturated carbocycles. The first-order valence-corrected chi connectivity index (χ1v) is 6.14. The van der Waals surface area contributed by atoms with Crippen LogP contribution >= 0.6 is 15.9 Å². The molecule has 2 N–H and O–H groups in total. The fourth-order valence-corrected chi connectivity index (χ4v) is 2.70. The highest BCUT2D eigenvalue weighted by molar-refractivity contribution is 9.10. The molecule has 0 amide bonds. The number of halogens is 1. The van der Waals surface area contributed by atoms with Crippen LogP contribution in [0.5, 0.6) is 0 Å². The average Bonchev–Trinajstić information content (AvgIpc) is 2.83. The molecule has 0 radical (unpaired) electrons. The Morgan fingerprint density at radius 3 is 3.00 bits per heavy atom. The van der Waals surface area contributed by atoms with Crippen molar-refractivity contribution in [1.82, 2.24) is 9.78 Å². The Labute approximate surface area is 102 Å². The first-order chi connectivity index (χ1) is 7.77. The van der Waals surface area contributed by atoms with E-state index in [1.54, 1.807) is 0 Å². The van der Waals surface area contributed by atoms with Crippen LogP contribution in [0.3, 0.4) is 0 Å². The maximum absolute atomic E-state index is 6.10. The van der Waals surface area contributed by atoms with E-state index in [2.05, 4.69) is 21.0 Å². The van der Waals surface area contributed by atoms with Gasteiger partial charge in [0.05, 0.1) is 17.6 Å². The standard InChI is InChI=1S/C12H12BrN3/c13-9-3-1-2-4-11(9)16-12-8(7-15-16)5-6-10(12)14/h1-4,7,10H,5-6,14H2. The van der Waals surface area contributed by atoms with Gasteiger partial charge in [-0.15, -0.1) is 0 Å². The number of rotatable bonds is 1. The van der Waals surface area contributed by atoms with Gasteiger partial charge >= 0.3 is 0 Å². The molecule has 1 heterocycles. The highest BCUT2D eigenvalue weighted by Gasteiger charge is 2.25. The molecule has 0 bridgehead atoms. The lowest BCUT2D eigenvalue weighted by atomic mass is 10.2. The van der Waals surface area contributed by atoms with E-state index in [9.17, 15) is 0 Å². The number of para-hydroxylation sites is 1. The van der Waals surface area contributed by atoms with Crippen LogP contribution in [0, 0.1) is 0 Å². The molecule has 4 heteroatoms. The van der Waals surface area contributed by atoms with Crippen molar-refractivity contribution in [1.29, 1.82) is 0 Å². The molecule has 0 aliphatic heterocycles. The number of fused-ring (bicyclic) bond motifs is 1. The van der Waals surface area contributed by atoms with Crippen LogP contribution in [0.15, 0.2) is 34.9 Å². The second kappa shape index (κ2) is 3.71. The maximum atomic E-state index is 6.10. The number of nitrogens with zero attached hydrogens (tertiary/aromatic N) is 2. The van der Waals surface area contributed by atoms with Crippen molar-refractivity contribution < 1.29 is 0 Å². The van der Waals surface area contributed by atoms with Gasteiger partial charge in [0.2, 0.25) is 0 Å². The molecular formula is C12H12BrN3. The van der Waals surface area contributed by atoms with Crippen LogP contribution in [-0.4, -0.2) is 9.78 Å². The Kier molecular flexibility index (Phi) is 2.33. The molecule has 3 rings (SSSR count). The molecular weight excluding hydrogens is 266 g/mol. The SMILES string of the molecule is NC1CCc2cnn(-c3ccccc3Br)c21. The number of hydrogen-bond acceptors (Lipinski definition) is 2. The number of benzene rings is 1. The number of aromatic nitrogens is 2. The van der Waals surface area contributed by atoms with E-state index in [4.69, 9.17) is 5.73 Å². The Morgan fingerprint density at radius 1 is 1.38 bits per heavy atom. The zero-order chi connectivity index (χ0) is 11.1. The lowest BCUT2D eigenvalue weighted by molar-refractivity contribution is 0.653. The second-order valence-electron chi connectivity index (χ2n) is 4.06. The topological polar surface area (TPSA) is 43.8 Å². The van der Waals surface area contributed by atoms with Gasteiger partial charge in [0, 0.05) is 10.5 Å². The van der Waals surface area contributed by atoms with Crippen LogP contribution in [0.2, 0.25) is 0 Å². The van der Waals surface area contributed by atoms with Crippen molar-refractivity contribution in [3.05, 3.63) is 46.2 Å². The van der Waals surface area contributed by atoms with Crippen LogP contribution in [0.4, 0.5) is 0 Å². The van der Waals surface area contributed by atoms with E-state index in [1.807, 2.05) is 35.1 Å². The normalized spacial score (nSPS) is 18.8. The minimum absolute atomic E-state index is 0.115. The van der Waals surface area contributed by atoms with Gasteiger partial charge in [-0.05, 0) is 46.5 Å². The first-order valence-electron chi connectivity index (χ1n) is 5.34. The predicted octanol–water partition coefficient (Wildman–Crippen LogP) is 2.58. The third-order valence-corrected chi connectivity index (χ3v) is 3.71. The van der Waals surface area contributed by atoms with Gasteiger partial charge in [-0.25, -0.2) is 4.68 Å². The minimum Gasteiger partial charge on any atom is -0.323 e. The molecule has 1 aliphatic carbocycles. The molecule has 1 aromatic heterocycles. The van der Waals surface area contributed by atoms with E-state index in [0.29, 0.717) is 0 Å². The fourth-order valence-electron chi connectivity index (χ4n) is 2.24. The predicted molar refractivity (Wildman–Crippen MR) is 66.5 cm³/mol. The number of nitrogens with two attached hydrogens (primary N) is 1. The molecule has 16 heavy (non-hydrogen) atoms. The summed E-state index contributed by atoms with van der Waals surface area (Å²) in [5, 5.41) is 4.43. The highest BCUT2D eigenvalue weighted by atomic mass is 79.9. The van der Waals surface area contributed by atoms with Crippen LogP contribution < -0.4 is 5.73 Å². The maximum Gasteiger partial charge on any atom is 0.0791 e. The molecule has 82 valence electrons. The Hall–Kier alpha value is -1.13. The van der Waals surface area contributed by atoms with Gasteiger partial charge in [0.25, 0.3) is 0 Å². The smallest absolute Gasteiger partial charge is 0.0791 e. The Balaban J connectivity index is 2.19. The summed E-state index contributed by atoms with van der Waals surface area (Å²) in [7, 11) is 0. The third kappa shape index (κ3) is 1.41. The third-order valence-electron chi connectivity index (χ3n) is 3.04. The van der Waals surface area contributed by atoms with E-state index >= 15 is 0 Å². The summed E-state index contributed by atoms with van der Waals surface area (Å²) < 4.78 is 3.00. The summed E-state index contributed by atoms with van der Waals surface area (Å²) in [6.45, 7) is 0. The quantitative estimate of drug-likeness (QED) is 0.871. The summed E-state index contributed by atoms with van der Waals surface area (Å²) in [6, 6.07) is 8.18. The van der Waals surface area contributed by atoms with E-state index in [0.717, 1.165) is 28.7 Å². The second-order valence-corrected chi connectivity index (χ2v) is 4.92. The molecule has 1 atom stereocenters. The Bertz CT molecular complexity index is 533. The summed E-state index contributed by atoms with van der Waals surface area (Å²) in [4.78, 5) is 0. The van der Waals surface area contributed by atoms with Gasteiger partial charge in [-0.3, -0.25) is 0 Å². The van der Waals surface area contributed by atoms with Crippen LogP contribution in [-0.2, 0) is 6.42 Å².